The molecule has 2 amide bonds. The zero-order valence-electron chi connectivity index (χ0n) is 44.7. The van der Waals surface area contributed by atoms with Gasteiger partial charge in [-0.15, -0.1) is 0 Å². The van der Waals surface area contributed by atoms with Gasteiger partial charge in [-0.05, 0) is 103 Å². The number of esters is 1. The highest BCUT2D eigenvalue weighted by Gasteiger charge is 2.31. The van der Waals surface area contributed by atoms with E-state index in [1.807, 2.05) is 71.5 Å². The van der Waals surface area contributed by atoms with Gasteiger partial charge in [0.05, 0.1) is 37.3 Å². The molecule has 2 atom stereocenters. The molecule has 3 fully saturated rings. The summed E-state index contributed by atoms with van der Waals surface area (Å²) in [5.41, 5.74) is 0.408. The summed E-state index contributed by atoms with van der Waals surface area (Å²) in [7, 11) is 0. The average molecular weight is 1120 g/mol. The van der Waals surface area contributed by atoms with E-state index in [2.05, 4.69) is 30.5 Å². The Balaban J connectivity index is 0.000000210. The minimum Gasteiger partial charge on any atom is -0.477 e. The summed E-state index contributed by atoms with van der Waals surface area (Å²) in [5.74, 6) is -0.808. The second-order valence-electron chi connectivity index (χ2n) is 21.4. The molecule has 78 heavy (non-hydrogen) atoms. The van der Waals surface area contributed by atoms with E-state index in [1.54, 1.807) is 43.5 Å². The molecular formula is C54H67Cl2N11O11. The van der Waals surface area contributed by atoms with Gasteiger partial charge in [0.25, 0.3) is 11.1 Å². The number of fused-ring (bicyclic) bond motifs is 2. The first-order chi connectivity index (χ1) is 37.1. The number of carbonyl (C=O) groups is 4. The number of amides is 2. The number of nitrogens with one attached hydrogen (secondary N) is 4. The average Bonchev–Trinajstić information content (AvgIpc) is 4.02. The van der Waals surface area contributed by atoms with Crippen LogP contribution in [-0.2, 0) is 32.0 Å². The summed E-state index contributed by atoms with van der Waals surface area (Å²) in [5, 5.41) is 16.4. The molecule has 0 spiro atoms. The minimum absolute atomic E-state index is 0.0385. The normalized spacial score (nSPS) is 17.3. The molecule has 3 saturated heterocycles. The molecule has 0 unspecified atom stereocenters. The molecule has 0 aliphatic carbocycles. The second-order valence-corrected chi connectivity index (χ2v) is 22.2. The molecule has 22 nitrogen and oxygen atoms in total. The summed E-state index contributed by atoms with van der Waals surface area (Å²) < 4.78 is 25.2. The van der Waals surface area contributed by atoms with Crippen LogP contribution in [0.1, 0.15) is 99.3 Å². The maximum absolute atomic E-state index is 13.5. The lowest BCUT2D eigenvalue weighted by atomic mass is 10.1. The van der Waals surface area contributed by atoms with Crippen molar-refractivity contribution in [2.75, 3.05) is 75.4 Å². The number of morpholine rings is 1. The van der Waals surface area contributed by atoms with Crippen molar-refractivity contribution in [1.29, 1.82) is 0 Å². The second kappa shape index (κ2) is 24.7. The molecule has 9 rings (SSSR count). The van der Waals surface area contributed by atoms with Crippen molar-refractivity contribution in [1.82, 2.24) is 44.6 Å². The number of piperidine rings is 2. The number of nitrogens with zero attached hydrogens (tertiary/aromatic N) is 7. The van der Waals surface area contributed by atoms with Crippen LogP contribution in [0, 0.1) is 0 Å². The maximum Gasteiger partial charge on any atom is 0.407 e. The van der Waals surface area contributed by atoms with E-state index in [4.69, 9.17) is 47.1 Å². The van der Waals surface area contributed by atoms with Crippen LogP contribution in [0.5, 0.6) is 0 Å². The Morgan fingerprint density at radius 3 is 1.59 bits per heavy atom. The van der Waals surface area contributed by atoms with E-state index in [1.165, 1.54) is 6.07 Å². The summed E-state index contributed by atoms with van der Waals surface area (Å²) >= 11 is 12.9. The number of benzene rings is 2. The third-order valence-corrected chi connectivity index (χ3v) is 13.8. The molecule has 4 aromatic heterocycles. The van der Waals surface area contributed by atoms with Crippen molar-refractivity contribution < 1.29 is 43.2 Å². The van der Waals surface area contributed by atoms with Gasteiger partial charge in [-0.25, -0.2) is 29.1 Å². The number of aromatic amines is 2. The van der Waals surface area contributed by atoms with E-state index >= 15 is 0 Å². The quantitative estimate of drug-likeness (QED) is 0.0574. The van der Waals surface area contributed by atoms with E-state index in [0.29, 0.717) is 85.5 Å². The number of hydrogen-bond donors (Lipinski definition) is 5. The number of rotatable bonds is 13. The van der Waals surface area contributed by atoms with Gasteiger partial charge in [-0.3, -0.25) is 14.5 Å². The van der Waals surface area contributed by atoms with E-state index in [-0.39, 0.29) is 47.7 Å². The van der Waals surface area contributed by atoms with Crippen molar-refractivity contribution in [2.45, 2.75) is 104 Å². The largest absolute Gasteiger partial charge is 0.477 e. The van der Waals surface area contributed by atoms with Crippen LogP contribution in [0.15, 0.2) is 70.3 Å². The van der Waals surface area contributed by atoms with E-state index in [0.717, 1.165) is 49.9 Å². The molecule has 418 valence electrons. The molecule has 0 radical (unpaired) electrons. The summed E-state index contributed by atoms with van der Waals surface area (Å²) in [6.45, 7) is 17.4. The van der Waals surface area contributed by atoms with E-state index in [9.17, 15) is 33.9 Å². The number of imidazole rings is 2. The van der Waals surface area contributed by atoms with Gasteiger partial charge in [-0.1, -0.05) is 59.6 Å². The van der Waals surface area contributed by atoms with Crippen LogP contribution < -0.4 is 31.6 Å². The number of anilines is 2. The highest BCUT2D eigenvalue weighted by molar-refractivity contribution is 6.31. The Morgan fingerprint density at radius 1 is 0.692 bits per heavy atom. The number of ether oxygens (including phenoxy) is 4. The molecule has 0 bridgehead atoms. The van der Waals surface area contributed by atoms with Crippen LogP contribution in [0.2, 0.25) is 10.0 Å². The third kappa shape index (κ3) is 14.7. The van der Waals surface area contributed by atoms with Gasteiger partial charge < -0.3 is 63.6 Å². The van der Waals surface area contributed by atoms with Gasteiger partial charge in [0.15, 0.2) is 0 Å². The molecule has 6 aromatic rings. The molecule has 3 aliphatic rings. The molecule has 2 aromatic carbocycles. The number of carbonyl (C=O) groups excluding carboxylic acids is 3. The number of aromatic nitrogens is 6. The predicted molar refractivity (Wildman–Crippen MR) is 296 cm³/mol. The van der Waals surface area contributed by atoms with Crippen molar-refractivity contribution in [2.24, 2.45) is 0 Å². The Labute approximate surface area is 460 Å². The predicted octanol–water partition coefficient (Wildman–Crippen LogP) is 7.03. The zero-order valence-corrected chi connectivity index (χ0v) is 46.2. The molecule has 3 aliphatic heterocycles. The van der Waals surface area contributed by atoms with Crippen molar-refractivity contribution in [3.8, 4) is 0 Å². The van der Waals surface area contributed by atoms with Crippen molar-refractivity contribution in [3.05, 3.63) is 114 Å². The smallest absolute Gasteiger partial charge is 0.407 e. The van der Waals surface area contributed by atoms with Gasteiger partial charge in [0, 0.05) is 67.9 Å². The summed E-state index contributed by atoms with van der Waals surface area (Å²) in [6.07, 6.45) is 2.17. The van der Waals surface area contributed by atoms with Crippen LogP contribution >= 0.6 is 23.2 Å². The minimum atomic E-state index is -1.24. The Bertz CT molecular complexity index is 3260. The SMILES string of the molecule is CC(C)(C)OC(=O)N[C@@H]1CCCN(c2nc3cc(C(=O)O)[nH]c(=O)c3n2Cc2ccccc2Cl)C1.CC(C)(C)OC(=O)N[C@@H]1CCCN(c2nc3cc(C(=O)OCCN4CCOCC4)[nH]c(=O)c3n2Cc2ccccc2Cl)C1. The Morgan fingerprint density at radius 2 is 1.14 bits per heavy atom. The first kappa shape index (κ1) is 57.0. The number of H-pyrrole nitrogens is 2. The topological polar surface area (TPSA) is 261 Å². The maximum atomic E-state index is 13.5. The lowest BCUT2D eigenvalue weighted by molar-refractivity contribution is 0.0192. The highest BCUT2D eigenvalue weighted by Crippen LogP contribution is 2.30. The van der Waals surface area contributed by atoms with Crippen LogP contribution in [0.4, 0.5) is 21.5 Å². The van der Waals surface area contributed by atoms with Crippen LogP contribution in [-0.4, -0.2) is 152 Å². The molecular weight excluding hydrogens is 1050 g/mol. The monoisotopic (exact) mass is 1120 g/mol. The lowest BCUT2D eigenvalue weighted by Gasteiger charge is -2.34. The van der Waals surface area contributed by atoms with Gasteiger partial charge in [0.2, 0.25) is 11.9 Å². The fourth-order valence-corrected chi connectivity index (χ4v) is 9.97. The van der Waals surface area contributed by atoms with Crippen LogP contribution in [0.25, 0.3) is 22.1 Å². The van der Waals surface area contributed by atoms with Gasteiger partial charge in [0.1, 0.15) is 40.2 Å². The number of hydrogen-bond acceptors (Lipinski definition) is 15. The standard InChI is InChI=1S/C30H39ClN6O6.C24H28ClN5O5/c1-30(2,3)43-29(40)32-21-8-6-10-36(19-21)28-34-23-17-24(27(39)42-16-13-35-11-14-41-15-12-35)33-26(38)25(23)37(28)18-20-7-4-5-9-22(20)31;1-24(2,3)35-23(34)26-15-8-6-10-29(13-15)22-28-17-11-18(21(32)33)27-20(31)19(17)30(22)12-14-7-4-5-9-16(14)25/h4-5,7,9,17,21H,6,8,10-16,18-19H2,1-3H3,(H,32,40)(H,33,38);4-5,7,9,11,15H,6,8,10,12-13H2,1-3H3,(H,26,34)(H,27,31)(H,32,33)/t21-;15-/m11/s1. The van der Waals surface area contributed by atoms with E-state index < -0.39 is 46.4 Å². The highest BCUT2D eigenvalue weighted by atomic mass is 35.5. The first-order valence-electron chi connectivity index (χ1n) is 26.0. The van der Waals surface area contributed by atoms with Crippen molar-refractivity contribution in [3.63, 3.8) is 0 Å². The molecule has 24 heteroatoms. The zero-order chi connectivity index (χ0) is 55.9. The number of aromatic carboxylic acids is 1. The molecule has 7 heterocycles. The number of alkyl carbamates (subject to hydrolysis) is 2. The van der Waals surface area contributed by atoms with Crippen molar-refractivity contribution >= 4 is 81.3 Å². The van der Waals surface area contributed by atoms with Crippen LogP contribution in [0.3, 0.4) is 0 Å². The molecule has 0 saturated carbocycles. The number of carboxylic acid groups (broad SMARTS) is 1. The fourth-order valence-electron chi connectivity index (χ4n) is 9.58. The number of halogens is 2. The molecule has 5 N–H and O–H groups in total. The van der Waals surface area contributed by atoms with Gasteiger partial charge >= 0.3 is 24.1 Å². The van der Waals surface area contributed by atoms with Gasteiger partial charge in [-0.2, -0.15) is 0 Å². The Hall–Kier alpha value is -7.14. The Kier molecular flexibility index (Phi) is 18.0. The number of pyridine rings is 2. The number of carboxylic acids is 1. The summed E-state index contributed by atoms with van der Waals surface area (Å²) in [6, 6.07) is 17.3. The fraction of sp³-hybridized carbons (Fsp3) is 0.481. The third-order valence-electron chi connectivity index (χ3n) is 13.1. The first-order valence-corrected chi connectivity index (χ1v) is 26.8. The summed E-state index contributed by atoms with van der Waals surface area (Å²) in [4.78, 5) is 96.4. The lowest BCUT2D eigenvalue weighted by Crippen LogP contribution is -2.49.